The first kappa shape index (κ1) is 19.6. The molecule has 8 nitrogen and oxygen atoms in total. The average molecular weight is 397 g/mol. The van der Waals surface area contributed by atoms with Crippen molar-refractivity contribution < 1.29 is 14.3 Å². The largest absolute Gasteiger partial charge is 0.368 e. The van der Waals surface area contributed by atoms with E-state index in [0.717, 1.165) is 30.5 Å². The molecule has 8 heteroatoms. The Kier molecular flexibility index (Phi) is 5.92. The highest BCUT2D eigenvalue weighted by Crippen LogP contribution is 2.28. The van der Waals surface area contributed by atoms with Gasteiger partial charge >= 0.3 is 0 Å². The molecule has 3 atom stereocenters. The Morgan fingerprint density at radius 1 is 1.31 bits per heavy atom. The van der Waals surface area contributed by atoms with E-state index in [1.807, 2.05) is 43.7 Å². The molecule has 2 aliphatic heterocycles. The second-order valence-corrected chi connectivity index (χ2v) is 7.73. The van der Waals surface area contributed by atoms with Crippen LogP contribution >= 0.6 is 0 Å². The van der Waals surface area contributed by atoms with Crippen LogP contribution in [0.25, 0.3) is 0 Å². The number of ether oxygens (including phenoxy) is 1. The smallest absolute Gasteiger partial charge is 0.253 e. The van der Waals surface area contributed by atoms with Gasteiger partial charge in [-0.15, -0.1) is 0 Å². The Hall–Kier alpha value is -2.71. The van der Waals surface area contributed by atoms with Crippen molar-refractivity contribution in [2.75, 3.05) is 25.0 Å². The number of amides is 2. The maximum atomic E-state index is 12.8. The molecule has 0 bridgehead atoms. The zero-order valence-electron chi connectivity index (χ0n) is 16.6. The summed E-state index contributed by atoms with van der Waals surface area (Å²) in [5.74, 6) is -0.0833. The molecular weight excluding hydrogens is 370 g/mol. The van der Waals surface area contributed by atoms with Gasteiger partial charge in [-0.3, -0.25) is 14.3 Å². The van der Waals surface area contributed by atoms with Crippen LogP contribution in [0.2, 0.25) is 0 Å². The van der Waals surface area contributed by atoms with Crippen LogP contribution in [0.4, 0.5) is 5.69 Å². The van der Waals surface area contributed by atoms with Gasteiger partial charge in [0.2, 0.25) is 5.91 Å². The lowest BCUT2D eigenvalue weighted by Crippen LogP contribution is -2.34. The van der Waals surface area contributed by atoms with Gasteiger partial charge in [0.1, 0.15) is 6.10 Å². The quantitative estimate of drug-likeness (QED) is 0.680. The summed E-state index contributed by atoms with van der Waals surface area (Å²) >= 11 is 0. The number of benzene rings is 1. The van der Waals surface area contributed by atoms with E-state index in [1.165, 1.54) is 0 Å². The van der Waals surface area contributed by atoms with E-state index in [4.69, 9.17) is 4.74 Å². The highest BCUT2D eigenvalue weighted by atomic mass is 16.5. The minimum atomic E-state index is -0.363. The van der Waals surface area contributed by atoms with Crippen molar-refractivity contribution in [3.8, 4) is 0 Å². The molecule has 3 heterocycles. The Bertz CT molecular complexity index is 875. The lowest BCUT2D eigenvalue weighted by molar-refractivity contribution is -0.125. The van der Waals surface area contributed by atoms with Gasteiger partial charge in [0.05, 0.1) is 12.1 Å². The lowest BCUT2D eigenvalue weighted by atomic mass is 9.90. The van der Waals surface area contributed by atoms with Crippen LogP contribution < -0.4 is 16.0 Å². The Morgan fingerprint density at radius 3 is 2.97 bits per heavy atom. The summed E-state index contributed by atoms with van der Waals surface area (Å²) in [7, 11) is 1.88. The fraction of sp³-hybridized carbons (Fsp3) is 0.476. The van der Waals surface area contributed by atoms with Gasteiger partial charge in [-0.05, 0) is 36.1 Å². The van der Waals surface area contributed by atoms with Gasteiger partial charge in [-0.25, -0.2) is 0 Å². The number of carbonyl (C=O) groups excluding carboxylic acids is 2. The van der Waals surface area contributed by atoms with Crippen LogP contribution in [0.15, 0.2) is 36.7 Å². The third-order valence-electron chi connectivity index (χ3n) is 5.59. The standard InChI is InChI=1S/C21H27N5O3/c1-26-13-15(10-24-26)17-11-22-12-18(17)20(27)23-9-14-4-2-5-16(8-14)25-21(28)19-6-3-7-29-19/h2,4-5,8,10,13,17-19,22H,3,6-7,9,11-12H2,1H3,(H,23,27)(H,25,28)/t17-,18+,19?/m1/s1. The van der Waals surface area contributed by atoms with E-state index in [-0.39, 0.29) is 29.8 Å². The van der Waals surface area contributed by atoms with Crippen LogP contribution in [-0.2, 0) is 27.9 Å². The van der Waals surface area contributed by atoms with Crippen LogP contribution in [0.3, 0.4) is 0 Å². The van der Waals surface area contributed by atoms with Crippen molar-refractivity contribution in [3.05, 3.63) is 47.8 Å². The second-order valence-electron chi connectivity index (χ2n) is 7.73. The first-order valence-electron chi connectivity index (χ1n) is 10.1. The number of rotatable bonds is 6. The van der Waals surface area contributed by atoms with Gasteiger partial charge in [0, 0.05) is 51.1 Å². The molecule has 0 saturated carbocycles. The first-order chi connectivity index (χ1) is 14.1. The molecule has 2 fully saturated rings. The van der Waals surface area contributed by atoms with Crippen molar-refractivity contribution in [2.45, 2.75) is 31.4 Å². The molecule has 0 radical (unpaired) electrons. The number of anilines is 1. The van der Waals surface area contributed by atoms with Crippen LogP contribution in [0.1, 0.15) is 29.9 Å². The fourth-order valence-corrected chi connectivity index (χ4v) is 4.02. The molecule has 0 aliphatic carbocycles. The summed E-state index contributed by atoms with van der Waals surface area (Å²) < 4.78 is 7.18. The molecule has 1 unspecified atom stereocenters. The number of aryl methyl sites for hydroxylation is 1. The minimum absolute atomic E-state index is 0.0256. The SMILES string of the molecule is Cn1cc([C@H]2CNC[C@@H]2C(=O)NCc2cccc(NC(=O)C3CCCO3)c2)cn1. The Morgan fingerprint density at radius 2 is 2.21 bits per heavy atom. The van der Waals surface area contributed by atoms with Gasteiger partial charge in [0.15, 0.2) is 0 Å². The van der Waals surface area contributed by atoms with E-state index >= 15 is 0 Å². The van der Waals surface area contributed by atoms with E-state index in [0.29, 0.717) is 25.4 Å². The number of carbonyl (C=O) groups is 2. The number of hydrogen-bond donors (Lipinski definition) is 3. The van der Waals surface area contributed by atoms with Gasteiger partial charge in [0.25, 0.3) is 5.91 Å². The fourth-order valence-electron chi connectivity index (χ4n) is 4.02. The van der Waals surface area contributed by atoms with Crippen LogP contribution in [-0.4, -0.2) is 47.4 Å². The molecular formula is C21H27N5O3. The summed E-state index contributed by atoms with van der Waals surface area (Å²) in [5.41, 5.74) is 2.73. The van der Waals surface area contributed by atoms with E-state index in [1.54, 1.807) is 4.68 Å². The summed E-state index contributed by atoms with van der Waals surface area (Å²) in [4.78, 5) is 25.0. The van der Waals surface area contributed by atoms with Crippen LogP contribution in [0.5, 0.6) is 0 Å². The highest BCUT2D eigenvalue weighted by Gasteiger charge is 2.34. The molecule has 29 heavy (non-hydrogen) atoms. The first-order valence-corrected chi connectivity index (χ1v) is 10.1. The molecule has 2 aliphatic rings. The van der Waals surface area contributed by atoms with Crippen molar-refractivity contribution in [2.24, 2.45) is 13.0 Å². The molecule has 2 amide bonds. The topological polar surface area (TPSA) is 97.3 Å². The van der Waals surface area contributed by atoms with Crippen molar-refractivity contribution in [3.63, 3.8) is 0 Å². The summed E-state index contributed by atoms with van der Waals surface area (Å²) in [5, 5.41) is 13.5. The molecule has 2 saturated heterocycles. The lowest BCUT2D eigenvalue weighted by Gasteiger charge is -2.17. The number of aromatic nitrogens is 2. The van der Waals surface area contributed by atoms with Gasteiger partial charge in [-0.2, -0.15) is 5.10 Å². The van der Waals surface area contributed by atoms with E-state index < -0.39 is 0 Å². The molecule has 154 valence electrons. The summed E-state index contributed by atoms with van der Waals surface area (Å²) in [6.45, 7) is 2.48. The van der Waals surface area contributed by atoms with E-state index in [2.05, 4.69) is 21.0 Å². The Labute approximate surface area is 170 Å². The molecule has 0 spiro atoms. The van der Waals surface area contributed by atoms with Gasteiger partial charge in [-0.1, -0.05) is 12.1 Å². The zero-order chi connectivity index (χ0) is 20.2. The third-order valence-corrected chi connectivity index (χ3v) is 5.59. The van der Waals surface area contributed by atoms with Crippen molar-refractivity contribution in [1.29, 1.82) is 0 Å². The normalized spacial score (nSPS) is 23.8. The maximum absolute atomic E-state index is 12.8. The van der Waals surface area contributed by atoms with Crippen LogP contribution in [0, 0.1) is 5.92 Å². The number of nitrogens with zero attached hydrogens (tertiary/aromatic N) is 2. The average Bonchev–Trinajstić information content (AvgIpc) is 3.47. The molecule has 1 aromatic heterocycles. The summed E-state index contributed by atoms with van der Waals surface area (Å²) in [6.07, 6.45) is 5.11. The number of hydrogen-bond acceptors (Lipinski definition) is 5. The van der Waals surface area contributed by atoms with Crippen molar-refractivity contribution in [1.82, 2.24) is 20.4 Å². The Balaban J connectivity index is 1.33. The summed E-state index contributed by atoms with van der Waals surface area (Å²) in [6, 6.07) is 7.55. The third kappa shape index (κ3) is 4.65. The minimum Gasteiger partial charge on any atom is -0.368 e. The second kappa shape index (κ2) is 8.75. The number of nitrogens with one attached hydrogen (secondary N) is 3. The monoisotopic (exact) mass is 397 g/mol. The predicted octanol–water partition coefficient (Wildman–Crippen LogP) is 1.16. The zero-order valence-corrected chi connectivity index (χ0v) is 16.6. The molecule has 4 rings (SSSR count). The highest BCUT2D eigenvalue weighted by molar-refractivity contribution is 5.94. The maximum Gasteiger partial charge on any atom is 0.253 e. The molecule has 1 aromatic carbocycles. The van der Waals surface area contributed by atoms with E-state index in [9.17, 15) is 9.59 Å². The van der Waals surface area contributed by atoms with Crippen molar-refractivity contribution >= 4 is 17.5 Å². The molecule has 2 aromatic rings. The van der Waals surface area contributed by atoms with Gasteiger partial charge < -0.3 is 20.7 Å². The predicted molar refractivity (Wildman–Crippen MR) is 108 cm³/mol. The molecule has 3 N–H and O–H groups in total.